The maximum absolute atomic E-state index is 11.8. The number of urea groups is 1. The summed E-state index contributed by atoms with van der Waals surface area (Å²) < 4.78 is 0. The molecule has 6 heteroatoms. The molecule has 2 N–H and O–H groups in total. The van der Waals surface area contributed by atoms with Gasteiger partial charge in [0.1, 0.15) is 0 Å². The fourth-order valence-corrected chi connectivity index (χ4v) is 2.25. The minimum atomic E-state index is -0.163. The zero-order chi connectivity index (χ0) is 16.7. The van der Waals surface area contributed by atoms with Gasteiger partial charge < -0.3 is 10.6 Å². The van der Waals surface area contributed by atoms with Crippen LogP contribution in [0.1, 0.15) is 44.0 Å². The first-order chi connectivity index (χ1) is 11.1. The average Bonchev–Trinajstić information content (AvgIpc) is 2.55. The number of hydrogen-bond acceptors (Lipinski definition) is 4. The van der Waals surface area contributed by atoms with Gasteiger partial charge in [0.15, 0.2) is 5.82 Å². The number of nitrogens with one attached hydrogen (secondary N) is 2. The molecular weight excluding hydrogens is 290 g/mol. The molecule has 0 spiro atoms. The summed E-state index contributed by atoms with van der Waals surface area (Å²) in [6.07, 6.45) is 7.23. The van der Waals surface area contributed by atoms with Crippen LogP contribution in [-0.2, 0) is 0 Å². The van der Waals surface area contributed by atoms with E-state index in [2.05, 4.69) is 32.5 Å². The van der Waals surface area contributed by atoms with Crippen LogP contribution in [0.2, 0.25) is 0 Å². The van der Waals surface area contributed by atoms with Gasteiger partial charge in [0.25, 0.3) is 0 Å². The fraction of sp³-hybridized carbons (Fsp3) is 0.412. The van der Waals surface area contributed by atoms with Crippen LogP contribution in [0.25, 0.3) is 11.4 Å². The maximum Gasteiger partial charge on any atom is 0.315 e. The molecule has 2 rings (SSSR count). The highest BCUT2D eigenvalue weighted by Crippen LogP contribution is 2.19. The number of aromatic nitrogens is 3. The molecule has 0 saturated carbocycles. The monoisotopic (exact) mass is 313 g/mol. The predicted octanol–water partition coefficient (Wildman–Crippen LogP) is 3.01. The van der Waals surface area contributed by atoms with Crippen LogP contribution >= 0.6 is 0 Å². The van der Waals surface area contributed by atoms with E-state index in [4.69, 9.17) is 0 Å². The first-order valence-corrected chi connectivity index (χ1v) is 7.90. The third kappa shape index (κ3) is 4.74. The molecule has 0 fully saturated rings. The Hall–Kier alpha value is -2.50. The Labute approximate surface area is 136 Å². The van der Waals surface area contributed by atoms with Crippen LogP contribution in [0.4, 0.5) is 4.79 Å². The number of rotatable bonds is 6. The van der Waals surface area contributed by atoms with E-state index < -0.39 is 0 Å². The van der Waals surface area contributed by atoms with Crippen LogP contribution in [0.15, 0.2) is 30.7 Å². The Morgan fingerprint density at radius 2 is 2.04 bits per heavy atom. The van der Waals surface area contributed by atoms with Crippen LogP contribution in [0.5, 0.6) is 0 Å². The first kappa shape index (κ1) is 16.9. The Morgan fingerprint density at radius 1 is 1.30 bits per heavy atom. The standard InChI is InChI=1S/C17H23N5O/c1-4-5-8-19-17(23)22-13(3)15-11-20-16(21-12(15)2)14-6-9-18-10-7-14/h6-7,9-11,13H,4-5,8H2,1-3H3,(H2,19,22,23)/t13-/m0/s1. The lowest BCUT2D eigenvalue weighted by Gasteiger charge is -2.16. The van der Waals surface area contributed by atoms with Gasteiger partial charge in [-0.25, -0.2) is 14.8 Å². The van der Waals surface area contributed by atoms with Crippen molar-refractivity contribution in [3.05, 3.63) is 42.0 Å². The van der Waals surface area contributed by atoms with Crippen molar-refractivity contribution in [2.24, 2.45) is 0 Å². The minimum absolute atomic E-state index is 0.150. The zero-order valence-corrected chi connectivity index (χ0v) is 13.8. The fourth-order valence-electron chi connectivity index (χ4n) is 2.25. The average molecular weight is 313 g/mol. The van der Waals surface area contributed by atoms with E-state index in [-0.39, 0.29) is 12.1 Å². The molecule has 122 valence electrons. The van der Waals surface area contributed by atoms with Gasteiger partial charge in [-0.3, -0.25) is 4.98 Å². The van der Waals surface area contributed by atoms with E-state index in [0.717, 1.165) is 29.7 Å². The summed E-state index contributed by atoms with van der Waals surface area (Å²) in [7, 11) is 0. The number of hydrogen-bond donors (Lipinski definition) is 2. The van der Waals surface area contributed by atoms with Crippen molar-refractivity contribution in [1.29, 1.82) is 0 Å². The number of amides is 2. The third-order valence-corrected chi connectivity index (χ3v) is 3.59. The molecule has 0 radical (unpaired) electrons. The van der Waals surface area contributed by atoms with Gasteiger partial charge in [0, 0.05) is 42.0 Å². The Kier molecular flexibility index (Phi) is 6.02. The van der Waals surface area contributed by atoms with Crippen molar-refractivity contribution in [3.63, 3.8) is 0 Å². The SMILES string of the molecule is CCCCNC(=O)N[C@@H](C)c1cnc(-c2ccncc2)nc1C. The van der Waals surface area contributed by atoms with Crippen LogP contribution < -0.4 is 10.6 Å². The molecule has 2 aromatic heterocycles. The van der Waals surface area contributed by atoms with Gasteiger partial charge in [-0.1, -0.05) is 13.3 Å². The molecule has 0 aliphatic heterocycles. The van der Waals surface area contributed by atoms with Gasteiger partial charge in [-0.2, -0.15) is 0 Å². The van der Waals surface area contributed by atoms with E-state index >= 15 is 0 Å². The van der Waals surface area contributed by atoms with Gasteiger partial charge >= 0.3 is 6.03 Å². The highest BCUT2D eigenvalue weighted by molar-refractivity contribution is 5.74. The number of carbonyl (C=O) groups excluding carboxylic acids is 1. The van der Waals surface area contributed by atoms with Crippen molar-refractivity contribution in [1.82, 2.24) is 25.6 Å². The molecule has 0 aliphatic carbocycles. The van der Waals surface area contributed by atoms with Gasteiger partial charge in [-0.05, 0) is 32.4 Å². The van der Waals surface area contributed by atoms with Crippen LogP contribution in [-0.4, -0.2) is 27.5 Å². The van der Waals surface area contributed by atoms with Crippen LogP contribution in [0.3, 0.4) is 0 Å². The highest BCUT2D eigenvalue weighted by Gasteiger charge is 2.14. The predicted molar refractivity (Wildman–Crippen MR) is 89.9 cm³/mol. The quantitative estimate of drug-likeness (QED) is 0.803. The summed E-state index contributed by atoms with van der Waals surface area (Å²) >= 11 is 0. The highest BCUT2D eigenvalue weighted by atomic mass is 16.2. The summed E-state index contributed by atoms with van der Waals surface area (Å²) in [5, 5.41) is 5.76. The number of nitrogens with zero attached hydrogens (tertiary/aromatic N) is 3. The summed E-state index contributed by atoms with van der Waals surface area (Å²) in [6.45, 7) is 6.63. The van der Waals surface area contributed by atoms with E-state index in [0.29, 0.717) is 12.4 Å². The Balaban J connectivity index is 2.04. The molecule has 2 heterocycles. The second kappa shape index (κ2) is 8.22. The maximum atomic E-state index is 11.8. The topological polar surface area (TPSA) is 79.8 Å². The van der Waals surface area contributed by atoms with Crippen molar-refractivity contribution < 1.29 is 4.79 Å². The molecule has 2 aromatic rings. The van der Waals surface area contributed by atoms with E-state index in [1.54, 1.807) is 18.6 Å². The number of unbranched alkanes of at least 4 members (excludes halogenated alkanes) is 1. The molecule has 0 saturated heterocycles. The minimum Gasteiger partial charge on any atom is -0.338 e. The molecule has 6 nitrogen and oxygen atoms in total. The Morgan fingerprint density at radius 3 is 2.70 bits per heavy atom. The van der Waals surface area contributed by atoms with E-state index in [1.807, 2.05) is 26.0 Å². The number of aryl methyl sites for hydroxylation is 1. The van der Waals surface area contributed by atoms with Crippen molar-refractivity contribution in [2.45, 2.75) is 39.7 Å². The molecule has 23 heavy (non-hydrogen) atoms. The van der Waals surface area contributed by atoms with Crippen molar-refractivity contribution in [2.75, 3.05) is 6.54 Å². The normalized spacial score (nSPS) is 11.8. The van der Waals surface area contributed by atoms with Gasteiger partial charge in [-0.15, -0.1) is 0 Å². The lowest BCUT2D eigenvalue weighted by molar-refractivity contribution is 0.237. The summed E-state index contributed by atoms with van der Waals surface area (Å²) in [5.74, 6) is 0.660. The van der Waals surface area contributed by atoms with E-state index in [9.17, 15) is 4.79 Å². The second-order valence-corrected chi connectivity index (χ2v) is 5.45. The molecule has 0 bridgehead atoms. The third-order valence-electron chi connectivity index (χ3n) is 3.59. The molecule has 2 amide bonds. The number of carbonyl (C=O) groups is 1. The molecule has 0 aliphatic rings. The van der Waals surface area contributed by atoms with E-state index in [1.165, 1.54) is 0 Å². The smallest absolute Gasteiger partial charge is 0.315 e. The lowest BCUT2D eigenvalue weighted by atomic mass is 10.1. The molecule has 1 atom stereocenters. The molecular formula is C17H23N5O. The first-order valence-electron chi connectivity index (χ1n) is 7.90. The second-order valence-electron chi connectivity index (χ2n) is 5.45. The molecule has 0 unspecified atom stereocenters. The number of pyridine rings is 1. The largest absolute Gasteiger partial charge is 0.338 e. The van der Waals surface area contributed by atoms with Gasteiger partial charge in [0.2, 0.25) is 0 Å². The summed E-state index contributed by atoms with van der Waals surface area (Å²) in [4.78, 5) is 24.8. The van der Waals surface area contributed by atoms with Crippen molar-refractivity contribution >= 4 is 6.03 Å². The lowest BCUT2D eigenvalue weighted by Crippen LogP contribution is -2.37. The summed E-state index contributed by atoms with van der Waals surface area (Å²) in [5.41, 5.74) is 2.69. The summed E-state index contributed by atoms with van der Waals surface area (Å²) in [6, 6.07) is 3.43. The molecule has 0 aromatic carbocycles. The zero-order valence-electron chi connectivity index (χ0n) is 13.8. The van der Waals surface area contributed by atoms with Crippen molar-refractivity contribution in [3.8, 4) is 11.4 Å². The Bertz CT molecular complexity index is 645. The van der Waals surface area contributed by atoms with Crippen LogP contribution in [0, 0.1) is 6.92 Å². The van der Waals surface area contributed by atoms with Gasteiger partial charge in [0.05, 0.1) is 6.04 Å².